The van der Waals surface area contributed by atoms with Gasteiger partial charge in [-0.3, -0.25) is 4.40 Å². The van der Waals surface area contributed by atoms with Crippen LogP contribution in [0, 0.1) is 19.3 Å². The standard InChI is InChI=1S/C26H33ClN6/c1-7-14-29-23(9-3)24(22(28)8-2)25(19-10-12-20(27)13-11-19)32(6)21-15-17(4)26-31-30-18(5)33(26)16-21/h9-13,15-16,25,28-29H,3,7-8,14H2,1-2,4-6H3/b24-23+,28-22?. The van der Waals surface area contributed by atoms with Crippen molar-refractivity contribution in [3.05, 3.63) is 82.4 Å². The Hall–Kier alpha value is -3.12. The number of likely N-dealkylation sites (N-methyl/N-ethyl adjacent to an activating group) is 1. The molecule has 1 aromatic carbocycles. The average Bonchev–Trinajstić information content (AvgIpc) is 3.20. The van der Waals surface area contributed by atoms with Crippen LogP contribution in [0.2, 0.25) is 5.02 Å². The van der Waals surface area contributed by atoms with Crippen molar-refractivity contribution in [3.8, 4) is 0 Å². The van der Waals surface area contributed by atoms with Gasteiger partial charge in [-0.1, -0.05) is 44.2 Å². The van der Waals surface area contributed by atoms with Crippen LogP contribution < -0.4 is 10.2 Å². The van der Waals surface area contributed by atoms with Crippen molar-refractivity contribution in [1.82, 2.24) is 19.9 Å². The predicted octanol–water partition coefficient (Wildman–Crippen LogP) is 6.05. The quantitative estimate of drug-likeness (QED) is 0.283. The number of benzene rings is 1. The lowest BCUT2D eigenvalue weighted by molar-refractivity contribution is 0.734. The minimum Gasteiger partial charge on any atom is -0.385 e. The number of hydrogen-bond donors (Lipinski definition) is 2. The first-order valence-corrected chi connectivity index (χ1v) is 11.7. The molecule has 0 radical (unpaired) electrons. The molecule has 3 aromatic rings. The zero-order valence-electron chi connectivity index (χ0n) is 20.1. The highest BCUT2D eigenvalue weighted by Gasteiger charge is 2.28. The summed E-state index contributed by atoms with van der Waals surface area (Å²) >= 11 is 6.22. The summed E-state index contributed by atoms with van der Waals surface area (Å²) in [6.45, 7) is 13.0. The van der Waals surface area contributed by atoms with Gasteiger partial charge >= 0.3 is 0 Å². The van der Waals surface area contributed by atoms with Gasteiger partial charge in [0, 0.05) is 41.8 Å². The number of allylic oxidation sites excluding steroid dienone is 1. The van der Waals surface area contributed by atoms with E-state index in [-0.39, 0.29) is 6.04 Å². The number of nitrogens with one attached hydrogen (secondary N) is 2. The average molecular weight is 465 g/mol. The van der Waals surface area contributed by atoms with E-state index in [0.717, 1.165) is 52.5 Å². The van der Waals surface area contributed by atoms with Gasteiger partial charge in [0.2, 0.25) is 0 Å². The van der Waals surface area contributed by atoms with Crippen LogP contribution in [0.4, 0.5) is 5.69 Å². The molecular weight excluding hydrogens is 432 g/mol. The molecule has 33 heavy (non-hydrogen) atoms. The Balaban J connectivity index is 2.25. The molecule has 0 saturated heterocycles. The lowest BCUT2D eigenvalue weighted by Gasteiger charge is -2.34. The Morgan fingerprint density at radius 1 is 1.24 bits per heavy atom. The number of pyridine rings is 1. The molecule has 0 amide bonds. The zero-order chi connectivity index (χ0) is 24.1. The molecule has 0 aliphatic heterocycles. The maximum absolute atomic E-state index is 8.90. The summed E-state index contributed by atoms with van der Waals surface area (Å²) in [4.78, 5) is 2.20. The molecule has 3 rings (SSSR count). The molecule has 2 N–H and O–H groups in total. The maximum atomic E-state index is 8.90. The Morgan fingerprint density at radius 3 is 2.55 bits per heavy atom. The first-order chi connectivity index (χ1) is 15.8. The number of anilines is 1. The van der Waals surface area contributed by atoms with Gasteiger partial charge in [0.15, 0.2) is 5.65 Å². The van der Waals surface area contributed by atoms with Crippen molar-refractivity contribution in [2.45, 2.75) is 46.6 Å². The van der Waals surface area contributed by atoms with E-state index in [1.807, 2.05) is 55.5 Å². The van der Waals surface area contributed by atoms with Crippen LogP contribution >= 0.6 is 11.6 Å². The molecule has 0 saturated carbocycles. The molecule has 0 aliphatic rings. The molecule has 0 bridgehead atoms. The number of halogens is 1. The minimum absolute atomic E-state index is 0.222. The van der Waals surface area contributed by atoms with Crippen LogP contribution in [0.1, 0.15) is 49.7 Å². The minimum atomic E-state index is -0.222. The van der Waals surface area contributed by atoms with Gasteiger partial charge in [0.25, 0.3) is 0 Å². The lowest BCUT2D eigenvalue weighted by Crippen LogP contribution is -2.32. The van der Waals surface area contributed by atoms with Crippen molar-refractivity contribution in [3.63, 3.8) is 0 Å². The van der Waals surface area contributed by atoms with Gasteiger partial charge in [-0.15, -0.1) is 10.2 Å². The van der Waals surface area contributed by atoms with Crippen LogP contribution in [-0.2, 0) is 0 Å². The fourth-order valence-corrected chi connectivity index (χ4v) is 4.15. The molecule has 0 aliphatic carbocycles. The van der Waals surface area contributed by atoms with Gasteiger partial charge in [-0.2, -0.15) is 0 Å². The lowest BCUT2D eigenvalue weighted by atomic mass is 9.90. The smallest absolute Gasteiger partial charge is 0.163 e. The number of rotatable bonds is 10. The summed E-state index contributed by atoms with van der Waals surface area (Å²) in [5, 5.41) is 21.6. The highest BCUT2D eigenvalue weighted by atomic mass is 35.5. The predicted molar refractivity (Wildman–Crippen MR) is 139 cm³/mol. The molecular formula is C26H33ClN6. The van der Waals surface area contributed by atoms with Crippen molar-refractivity contribution in [2.75, 3.05) is 18.5 Å². The molecule has 1 atom stereocenters. The van der Waals surface area contributed by atoms with Gasteiger partial charge < -0.3 is 15.6 Å². The van der Waals surface area contributed by atoms with Crippen LogP contribution in [-0.4, -0.2) is 33.9 Å². The van der Waals surface area contributed by atoms with Crippen LogP contribution in [0.3, 0.4) is 0 Å². The van der Waals surface area contributed by atoms with Crippen LogP contribution in [0.25, 0.3) is 5.65 Å². The molecule has 0 spiro atoms. The molecule has 1 unspecified atom stereocenters. The topological polar surface area (TPSA) is 69.3 Å². The Labute approximate surface area is 201 Å². The Bertz CT molecular complexity index is 1180. The molecule has 174 valence electrons. The number of aryl methyl sites for hydroxylation is 2. The number of aromatic nitrogens is 3. The molecule has 2 aromatic heterocycles. The largest absolute Gasteiger partial charge is 0.385 e. The third-order valence-electron chi connectivity index (χ3n) is 5.84. The Morgan fingerprint density at radius 2 is 1.94 bits per heavy atom. The van der Waals surface area contributed by atoms with Crippen molar-refractivity contribution < 1.29 is 0 Å². The fraction of sp³-hybridized carbons (Fsp3) is 0.346. The maximum Gasteiger partial charge on any atom is 0.163 e. The van der Waals surface area contributed by atoms with Crippen LogP contribution in [0.5, 0.6) is 0 Å². The van der Waals surface area contributed by atoms with Gasteiger partial charge in [-0.05, 0) is 62.1 Å². The summed E-state index contributed by atoms with van der Waals surface area (Å²) in [5.74, 6) is 0.833. The first kappa shape index (κ1) is 24.5. The molecule has 2 heterocycles. The van der Waals surface area contributed by atoms with E-state index in [0.29, 0.717) is 17.2 Å². The molecule has 7 heteroatoms. The molecule has 0 fully saturated rings. The Kier molecular flexibility index (Phi) is 7.92. The van der Waals surface area contributed by atoms with Gasteiger partial charge in [-0.25, -0.2) is 0 Å². The van der Waals surface area contributed by atoms with E-state index >= 15 is 0 Å². The summed E-state index contributed by atoms with van der Waals surface area (Å²) in [6.07, 6.45) is 5.47. The second kappa shape index (κ2) is 10.7. The van der Waals surface area contributed by atoms with E-state index in [4.69, 9.17) is 17.0 Å². The summed E-state index contributed by atoms with van der Waals surface area (Å²) in [5.41, 5.74) is 6.30. The van der Waals surface area contributed by atoms with E-state index < -0.39 is 0 Å². The first-order valence-electron chi connectivity index (χ1n) is 11.3. The highest BCUT2D eigenvalue weighted by molar-refractivity contribution is 6.30. The summed E-state index contributed by atoms with van der Waals surface area (Å²) < 4.78 is 2.01. The van der Waals surface area contributed by atoms with Gasteiger partial charge in [0.1, 0.15) is 5.82 Å². The summed E-state index contributed by atoms with van der Waals surface area (Å²) in [6, 6.07) is 9.75. The monoisotopic (exact) mass is 464 g/mol. The van der Waals surface area contributed by atoms with Crippen molar-refractivity contribution in [2.24, 2.45) is 0 Å². The van der Waals surface area contributed by atoms with Crippen molar-refractivity contribution in [1.29, 1.82) is 5.41 Å². The van der Waals surface area contributed by atoms with E-state index in [9.17, 15) is 0 Å². The third-order valence-corrected chi connectivity index (χ3v) is 6.09. The normalized spacial score (nSPS) is 12.9. The van der Waals surface area contributed by atoms with E-state index in [2.05, 4.69) is 53.2 Å². The number of nitrogens with zero attached hydrogens (tertiary/aromatic N) is 4. The van der Waals surface area contributed by atoms with Crippen molar-refractivity contribution >= 4 is 28.6 Å². The number of fused-ring (bicyclic) bond motifs is 1. The fourth-order valence-electron chi connectivity index (χ4n) is 4.02. The number of hydrogen-bond acceptors (Lipinski definition) is 5. The molecule has 6 nitrogen and oxygen atoms in total. The zero-order valence-corrected chi connectivity index (χ0v) is 20.9. The van der Waals surface area contributed by atoms with Gasteiger partial charge in [0.05, 0.1) is 11.7 Å². The van der Waals surface area contributed by atoms with E-state index in [1.165, 1.54) is 0 Å². The SMILES string of the molecule is C=C/C(NCCC)=C(/C(=N)CC)C(c1ccc(Cl)cc1)N(C)c1cc(C)c2nnc(C)n2c1. The third kappa shape index (κ3) is 5.11. The second-order valence-electron chi connectivity index (χ2n) is 8.18. The van der Waals surface area contributed by atoms with Crippen LogP contribution in [0.15, 0.2) is 60.5 Å². The van der Waals surface area contributed by atoms with E-state index in [1.54, 1.807) is 0 Å². The second-order valence-corrected chi connectivity index (χ2v) is 8.61. The summed E-state index contributed by atoms with van der Waals surface area (Å²) in [7, 11) is 2.06. The highest BCUT2D eigenvalue weighted by Crippen LogP contribution is 2.35.